The Morgan fingerprint density at radius 2 is 1.77 bits per heavy atom. The molecule has 3 rings (SSSR count). The van der Waals surface area contributed by atoms with Crippen LogP contribution in [0.2, 0.25) is 0 Å². The molecular weight excluding hydrogens is 372 g/mol. The highest BCUT2D eigenvalue weighted by atomic mass is 32.2. The number of carbonyl (C=O) groups is 1. The van der Waals surface area contributed by atoms with Crippen LogP contribution in [0.5, 0.6) is 5.75 Å². The fraction of sp³-hybridized carbons (Fsp3) is 0.389. The smallest absolute Gasteiger partial charge is 0.264 e. The number of nitrogens with zero attached hydrogens (tertiary/aromatic N) is 2. The van der Waals surface area contributed by atoms with E-state index in [9.17, 15) is 13.2 Å². The average Bonchev–Trinajstić information content (AvgIpc) is 3.17. The number of thiophene rings is 1. The van der Waals surface area contributed by atoms with Gasteiger partial charge in [-0.1, -0.05) is 6.07 Å². The number of piperazine rings is 1. The summed E-state index contributed by atoms with van der Waals surface area (Å²) in [5, 5.41) is 1.86. The van der Waals surface area contributed by atoms with Gasteiger partial charge in [-0.15, -0.1) is 11.3 Å². The van der Waals surface area contributed by atoms with E-state index in [1.54, 1.807) is 23.1 Å². The molecule has 2 heterocycles. The number of ether oxygens (including phenoxy) is 1. The molecule has 26 heavy (non-hydrogen) atoms. The summed E-state index contributed by atoms with van der Waals surface area (Å²) in [6, 6.07) is 7.03. The van der Waals surface area contributed by atoms with Crippen LogP contribution in [0.25, 0.3) is 0 Å². The second-order valence-electron chi connectivity index (χ2n) is 6.26. The molecule has 1 aromatic carbocycles. The van der Waals surface area contributed by atoms with Gasteiger partial charge in [0, 0.05) is 26.2 Å². The molecule has 8 heteroatoms. The van der Waals surface area contributed by atoms with Crippen molar-refractivity contribution in [2.45, 2.75) is 18.7 Å². The number of hydrogen-bond donors (Lipinski definition) is 0. The molecular formula is C18H22N2O4S2. The summed E-state index contributed by atoms with van der Waals surface area (Å²) in [6.07, 6.45) is 0. The van der Waals surface area contributed by atoms with Gasteiger partial charge >= 0.3 is 0 Å². The minimum absolute atomic E-state index is 0.0409. The van der Waals surface area contributed by atoms with E-state index < -0.39 is 10.0 Å². The Bertz CT molecular complexity index is 900. The van der Waals surface area contributed by atoms with Crippen LogP contribution in [0.4, 0.5) is 0 Å². The van der Waals surface area contributed by atoms with Crippen molar-refractivity contribution in [2.75, 3.05) is 33.3 Å². The molecule has 0 spiro atoms. The van der Waals surface area contributed by atoms with Crippen LogP contribution in [0.3, 0.4) is 0 Å². The van der Waals surface area contributed by atoms with E-state index in [-0.39, 0.29) is 23.9 Å². The van der Waals surface area contributed by atoms with Gasteiger partial charge < -0.3 is 9.64 Å². The summed E-state index contributed by atoms with van der Waals surface area (Å²) >= 11 is 1.40. The van der Waals surface area contributed by atoms with Gasteiger partial charge in [0.1, 0.15) is 10.6 Å². The van der Waals surface area contributed by atoms with Gasteiger partial charge in [0.15, 0.2) is 0 Å². The first-order valence-corrected chi connectivity index (χ1v) is 10.6. The monoisotopic (exact) mass is 394 g/mol. The van der Waals surface area contributed by atoms with Crippen LogP contribution >= 0.6 is 11.3 Å². The molecule has 2 aromatic rings. The fourth-order valence-corrected chi connectivity index (χ4v) is 5.29. The maximum atomic E-state index is 13.1. The van der Waals surface area contributed by atoms with Crippen molar-refractivity contribution in [1.29, 1.82) is 0 Å². The number of hydrogen-bond acceptors (Lipinski definition) is 5. The van der Waals surface area contributed by atoms with E-state index in [1.807, 2.05) is 25.3 Å². The standard InChI is InChI=1S/C18H22N2O4S2/c1-13-11-15(24-3)17(12-14(13)2)26(22,23)20-8-6-19(7-9-20)18(21)16-5-4-10-25-16/h4-5,10-12H,6-9H2,1-3H3. The van der Waals surface area contributed by atoms with Gasteiger partial charge in [-0.3, -0.25) is 4.79 Å². The third kappa shape index (κ3) is 3.49. The summed E-state index contributed by atoms with van der Waals surface area (Å²) < 4.78 is 32.9. The third-order valence-electron chi connectivity index (χ3n) is 4.66. The minimum atomic E-state index is -3.67. The second-order valence-corrected chi connectivity index (χ2v) is 9.11. The van der Waals surface area contributed by atoms with Crippen LogP contribution < -0.4 is 4.74 Å². The summed E-state index contributed by atoms with van der Waals surface area (Å²) in [7, 11) is -2.20. The zero-order valence-electron chi connectivity index (χ0n) is 15.1. The molecule has 0 saturated carbocycles. The Morgan fingerprint density at radius 3 is 2.35 bits per heavy atom. The number of methoxy groups -OCH3 is 1. The molecule has 0 bridgehead atoms. The number of sulfonamides is 1. The lowest BCUT2D eigenvalue weighted by molar-refractivity contribution is 0.0702. The number of rotatable bonds is 4. The first-order chi connectivity index (χ1) is 12.3. The highest BCUT2D eigenvalue weighted by Gasteiger charge is 2.32. The number of benzene rings is 1. The maximum absolute atomic E-state index is 13.1. The number of carbonyl (C=O) groups excluding carboxylic acids is 1. The fourth-order valence-electron chi connectivity index (χ4n) is 2.95. The molecule has 1 aliphatic heterocycles. The van der Waals surface area contributed by atoms with E-state index in [2.05, 4.69) is 0 Å². The molecule has 0 N–H and O–H groups in total. The summed E-state index contributed by atoms with van der Waals surface area (Å²) in [5.41, 5.74) is 1.88. The van der Waals surface area contributed by atoms with E-state index in [0.717, 1.165) is 11.1 Å². The second kappa shape index (κ2) is 7.38. The highest BCUT2D eigenvalue weighted by molar-refractivity contribution is 7.89. The van der Waals surface area contributed by atoms with Gasteiger partial charge in [0.2, 0.25) is 10.0 Å². The van der Waals surface area contributed by atoms with Gasteiger partial charge in [-0.2, -0.15) is 4.31 Å². The Balaban J connectivity index is 1.78. The molecule has 1 aliphatic rings. The lowest BCUT2D eigenvalue weighted by Gasteiger charge is -2.34. The zero-order chi connectivity index (χ0) is 18.9. The largest absolute Gasteiger partial charge is 0.495 e. The van der Waals surface area contributed by atoms with E-state index >= 15 is 0 Å². The van der Waals surface area contributed by atoms with Gasteiger partial charge in [-0.05, 0) is 48.6 Å². The van der Waals surface area contributed by atoms with E-state index in [1.165, 1.54) is 22.8 Å². The Hall–Kier alpha value is -1.90. The predicted molar refractivity (Wildman–Crippen MR) is 101 cm³/mol. The summed E-state index contributed by atoms with van der Waals surface area (Å²) in [4.78, 5) is 15.0. The average molecular weight is 395 g/mol. The van der Waals surface area contributed by atoms with Crippen molar-refractivity contribution in [3.63, 3.8) is 0 Å². The van der Waals surface area contributed by atoms with Crippen LogP contribution in [-0.4, -0.2) is 56.8 Å². The molecule has 0 atom stereocenters. The van der Waals surface area contributed by atoms with Gasteiger partial charge in [0.05, 0.1) is 12.0 Å². The third-order valence-corrected chi connectivity index (χ3v) is 7.43. The van der Waals surface area contributed by atoms with Crippen molar-refractivity contribution in [1.82, 2.24) is 9.21 Å². The quantitative estimate of drug-likeness (QED) is 0.799. The molecule has 1 saturated heterocycles. The molecule has 140 valence electrons. The minimum Gasteiger partial charge on any atom is -0.495 e. The predicted octanol–water partition coefficient (Wildman–Crippen LogP) is 2.52. The van der Waals surface area contributed by atoms with Crippen LogP contribution in [-0.2, 0) is 10.0 Å². The Morgan fingerprint density at radius 1 is 1.12 bits per heavy atom. The van der Waals surface area contributed by atoms with Crippen LogP contribution in [0.1, 0.15) is 20.8 Å². The molecule has 0 radical (unpaired) electrons. The topological polar surface area (TPSA) is 66.9 Å². The molecule has 6 nitrogen and oxygen atoms in total. The molecule has 1 amide bonds. The number of amides is 1. The Labute approximate surface area is 158 Å². The number of aryl methyl sites for hydroxylation is 2. The first-order valence-electron chi connectivity index (χ1n) is 8.32. The maximum Gasteiger partial charge on any atom is 0.264 e. The molecule has 1 aromatic heterocycles. The van der Waals surface area contributed by atoms with Crippen LogP contribution in [0.15, 0.2) is 34.5 Å². The SMILES string of the molecule is COc1cc(C)c(C)cc1S(=O)(=O)N1CCN(C(=O)c2cccs2)CC1. The van der Waals surface area contributed by atoms with Gasteiger partial charge in [-0.25, -0.2) is 8.42 Å². The van der Waals surface area contributed by atoms with E-state index in [0.29, 0.717) is 23.7 Å². The van der Waals surface area contributed by atoms with Crippen molar-refractivity contribution in [2.24, 2.45) is 0 Å². The first kappa shape index (κ1) is 18.9. The molecule has 0 aliphatic carbocycles. The summed E-state index contributed by atoms with van der Waals surface area (Å²) in [5.74, 6) is 0.311. The highest BCUT2D eigenvalue weighted by Crippen LogP contribution is 2.30. The lowest BCUT2D eigenvalue weighted by atomic mass is 10.1. The van der Waals surface area contributed by atoms with Crippen LogP contribution in [0, 0.1) is 13.8 Å². The molecule has 0 unspecified atom stereocenters. The van der Waals surface area contributed by atoms with E-state index in [4.69, 9.17) is 4.74 Å². The zero-order valence-corrected chi connectivity index (χ0v) is 16.7. The van der Waals surface area contributed by atoms with Gasteiger partial charge in [0.25, 0.3) is 5.91 Å². The summed E-state index contributed by atoms with van der Waals surface area (Å²) in [6.45, 7) is 5.10. The normalized spacial score (nSPS) is 15.9. The van der Waals surface area contributed by atoms with Crippen molar-refractivity contribution < 1.29 is 17.9 Å². The Kier molecular flexibility index (Phi) is 5.36. The van der Waals surface area contributed by atoms with Crippen molar-refractivity contribution >= 4 is 27.3 Å². The lowest BCUT2D eigenvalue weighted by Crippen LogP contribution is -2.50. The van der Waals surface area contributed by atoms with Crippen molar-refractivity contribution in [3.05, 3.63) is 45.6 Å². The van der Waals surface area contributed by atoms with Crippen molar-refractivity contribution in [3.8, 4) is 5.75 Å². The molecule has 1 fully saturated rings.